The van der Waals surface area contributed by atoms with Gasteiger partial charge in [-0.15, -0.1) is 0 Å². The molecule has 2 saturated heterocycles. The summed E-state index contributed by atoms with van der Waals surface area (Å²) in [5.74, 6) is 0. The summed E-state index contributed by atoms with van der Waals surface area (Å²) in [7, 11) is 0. The number of amides is 2. The molecule has 0 aliphatic carbocycles. The minimum Gasteiger partial charge on any atom is -0.483 e. The van der Waals surface area contributed by atoms with Gasteiger partial charge in [0, 0.05) is 13.1 Å². The second kappa shape index (κ2) is 8.26. The van der Waals surface area contributed by atoms with E-state index in [-0.39, 0.29) is 26.0 Å². The fourth-order valence-corrected chi connectivity index (χ4v) is 2.49. The van der Waals surface area contributed by atoms with Crippen LogP contribution in [0.25, 0.3) is 0 Å². The average molecular weight is 294 g/mol. The van der Waals surface area contributed by atoms with Gasteiger partial charge >= 0.3 is 6.03 Å². The predicted octanol–water partition coefficient (Wildman–Crippen LogP) is 2.36. The number of piperidine rings is 1. The van der Waals surface area contributed by atoms with E-state index in [0.29, 0.717) is 6.61 Å². The highest BCUT2D eigenvalue weighted by Gasteiger charge is 2.40. The number of hydrogen-bond acceptors (Lipinski definition) is 3. The molecule has 1 atom stereocenters. The summed E-state index contributed by atoms with van der Waals surface area (Å²) in [6.45, 7) is 1.92. The van der Waals surface area contributed by atoms with Gasteiger partial charge in [-0.2, -0.15) is 5.06 Å². The number of nitrogens with zero attached hydrogens (tertiary/aromatic N) is 2. The van der Waals surface area contributed by atoms with E-state index in [1.165, 1.54) is 0 Å². The molecule has 0 aromatic heterocycles. The molecule has 2 aliphatic heterocycles. The van der Waals surface area contributed by atoms with Crippen LogP contribution in [0.2, 0.25) is 0 Å². The molecule has 2 fully saturated rings. The molecule has 2 bridgehead atoms. The van der Waals surface area contributed by atoms with E-state index < -0.39 is 0 Å². The number of urea groups is 1. The summed E-state index contributed by atoms with van der Waals surface area (Å²) in [5, 5.41) is 8.46. The Morgan fingerprint density at radius 2 is 2.00 bits per heavy atom. The maximum absolute atomic E-state index is 11.9. The maximum Gasteiger partial charge on any atom is 0.344 e. The van der Waals surface area contributed by atoms with Crippen molar-refractivity contribution in [3.8, 4) is 0 Å². The van der Waals surface area contributed by atoms with Crippen LogP contribution in [0.15, 0.2) is 30.3 Å². The Morgan fingerprint density at radius 1 is 1.33 bits per heavy atom. The second-order valence-electron chi connectivity index (χ2n) is 4.71. The molecule has 2 aliphatic rings. The molecule has 3 rings (SSSR count). The van der Waals surface area contributed by atoms with Crippen LogP contribution in [0.1, 0.15) is 25.8 Å². The molecule has 1 unspecified atom stereocenters. The third-order valence-corrected chi connectivity index (χ3v) is 3.40. The van der Waals surface area contributed by atoms with Gasteiger partial charge in [-0.05, 0) is 18.4 Å². The molecule has 116 valence electrons. The highest BCUT2D eigenvalue weighted by Crippen LogP contribution is 2.25. The Labute approximate surface area is 124 Å². The fraction of sp³-hybridized carbons (Fsp3) is 0.467. The highest BCUT2D eigenvalue weighted by atomic mass is 16.7. The van der Waals surface area contributed by atoms with Crippen molar-refractivity contribution in [2.45, 2.75) is 32.9 Å². The van der Waals surface area contributed by atoms with Crippen LogP contribution >= 0.6 is 0 Å². The number of hydroxylamine groups is 2. The molecule has 6 heteroatoms. The number of carbonyl (C=O) groups is 2. The summed E-state index contributed by atoms with van der Waals surface area (Å²) in [5.41, 5.74) is 1.09. The van der Waals surface area contributed by atoms with Gasteiger partial charge in [-0.1, -0.05) is 37.8 Å². The molecule has 21 heavy (non-hydrogen) atoms. The summed E-state index contributed by atoms with van der Waals surface area (Å²) in [6.07, 6.45) is 2.14. The Morgan fingerprint density at radius 3 is 2.62 bits per heavy atom. The van der Waals surface area contributed by atoms with Crippen molar-refractivity contribution < 1.29 is 19.5 Å². The number of carboxylic acid groups (broad SMARTS) is 1. The number of rotatable bonds is 3. The zero-order chi connectivity index (χ0) is 14.4. The summed E-state index contributed by atoms with van der Waals surface area (Å²) in [6, 6.07) is 10.2. The van der Waals surface area contributed by atoms with Crippen molar-refractivity contribution in [1.29, 1.82) is 0 Å². The van der Waals surface area contributed by atoms with Gasteiger partial charge in [0.15, 0.2) is 0 Å². The van der Waals surface area contributed by atoms with Crippen LogP contribution in [0.4, 0.5) is 4.79 Å². The number of benzene rings is 1. The number of hydrogen-bond donors (Lipinski definition) is 1. The maximum atomic E-state index is 11.9. The third-order valence-electron chi connectivity index (χ3n) is 3.40. The van der Waals surface area contributed by atoms with Crippen LogP contribution in [0, 0.1) is 0 Å². The molecular formula is C15H22N2O4. The Balaban J connectivity index is 0.000000510. The monoisotopic (exact) mass is 294 g/mol. The summed E-state index contributed by atoms with van der Waals surface area (Å²) in [4.78, 5) is 27.8. The van der Waals surface area contributed by atoms with Gasteiger partial charge in [0.1, 0.15) is 6.61 Å². The Hall–Kier alpha value is -2.08. The van der Waals surface area contributed by atoms with E-state index in [1.54, 1.807) is 5.06 Å². The molecule has 0 spiro atoms. The van der Waals surface area contributed by atoms with Gasteiger partial charge in [0.05, 0.1) is 6.04 Å². The largest absolute Gasteiger partial charge is 0.483 e. The van der Waals surface area contributed by atoms with Crippen molar-refractivity contribution in [2.75, 3.05) is 13.1 Å². The lowest BCUT2D eigenvalue weighted by Gasteiger charge is -2.22. The van der Waals surface area contributed by atoms with Crippen LogP contribution in [0.3, 0.4) is 0 Å². The van der Waals surface area contributed by atoms with Crippen LogP contribution in [-0.4, -0.2) is 46.7 Å². The first-order valence-electron chi connectivity index (χ1n) is 6.59. The van der Waals surface area contributed by atoms with E-state index in [1.807, 2.05) is 35.2 Å². The molecular weight excluding hydrogens is 272 g/mol. The van der Waals surface area contributed by atoms with Gasteiger partial charge in [-0.3, -0.25) is 9.63 Å². The van der Waals surface area contributed by atoms with E-state index in [9.17, 15) is 4.79 Å². The van der Waals surface area contributed by atoms with Gasteiger partial charge in [-0.25, -0.2) is 4.79 Å². The van der Waals surface area contributed by atoms with E-state index in [0.717, 1.165) is 31.5 Å². The average Bonchev–Trinajstić information content (AvgIpc) is 2.69. The molecule has 2 amide bonds. The third kappa shape index (κ3) is 4.19. The van der Waals surface area contributed by atoms with Crippen molar-refractivity contribution in [3.05, 3.63) is 35.9 Å². The van der Waals surface area contributed by atoms with Crippen molar-refractivity contribution in [1.82, 2.24) is 9.96 Å². The molecule has 2 heterocycles. The first-order valence-corrected chi connectivity index (χ1v) is 6.59. The zero-order valence-electron chi connectivity index (χ0n) is 11.1. The zero-order valence-corrected chi connectivity index (χ0v) is 11.1. The molecule has 6 nitrogen and oxygen atoms in total. The van der Waals surface area contributed by atoms with Gasteiger partial charge in [0.25, 0.3) is 6.47 Å². The molecule has 1 N–H and O–H groups in total. The number of fused-ring (bicyclic) bond motifs is 2. The standard InChI is InChI=1S/C13H16N2O2.CH2O2.CH4/c16-13-14-8-4-7-12(9-14)15(13)17-10-11-5-2-1-3-6-11;2-1-3;/h1-3,5-6,12H,4,7-10H2;1H,(H,2,3);1H4. The first kappa shape index (κ1) is 17.0. The smallest absolute Gasteiger partial charge is 0.344 e. The summed E-state index contributed by atoms with van der Waals surface area (Å²) >= 11 is 0. The molecule has 1 aromatic rings. The lowest BCUT2D eigenvalue weighted by Crippen LogP contribution is -2.33. The lowest BCUT2D eigenvalue weighted by molar-refractivity contribution is -0.140. The minimum atomic E-state index is -0.250. The van der Waals surface area contributed by atoms with E-state index in [4.69, 9.17) is 14.7 Å². The van der Waals surface area contributed by atoms with Gasteiger partial charge in [0.2, 0.25) is 0 Å². The highest BCUT2D eigenvalue weighted by molar-refractivity contribution is 5.76. The normalized spacial score (nSPS) is 19.4. The van der Waals surface area contributed by atoms with Crippen molar-refractivity contribution in [3.63, 3.8) is 0 Å². The van der Waals surface area contributed by atoms with E-state index >= 15 is 0 Å². The van der Waals surface area contributed by atoms with E-state index in [2.05, 4.69) is 0 Å². The van der Waals surface area contributed by atoms with Gasteiger partial charge < -0.3 is 10.0 Å². The Kier molecular flexibility index (Phi) is 6.68. The molecule has 1 aromatic carbocycles. The quantitative estimate of drug-likeness (QED) is 0.869. The van der Waals surface area contributed by atoms with Crippen molar-refractivity contribution >= 4 is 12.5 Å². The van der Waals surface area contributed by atoms with Crippen LogP contribution in [-0.2, 0) is 16.2 Å². The van der Waals surface area contributed by atoms with Crippen LogP contribution < -0.4 is 0 Å². The SMILES string of the molecule is C.O=C1N2CCCC(C2)N1OCc1ccccc1.O=CO. The molecule has 0 saturated carbocycles. The topological polar surface area (TPSA) is 70.1 Å². The van der Waals surface area contributed by atoms with Crippen LogP contribution in [0.5, 0.6) is 0 Å². The first-order chi connectivity index (χ1) is 9.76. The minimum absolute atomic E-state index is 0. The summed E-state index contributed by atoms with van der Waals surface area (Å²) < 4.78 is 0. The Bertz CT molecular complexity index is 452. The lowest BCUT2D eigenvalue weighted by atomic mass is 10.1. The number of carbonyl (C=O) groups excluding carboxylic acids is 1. The van der Waals surface area contributed by atoms with Crippen molar-refractivity contribution in [2.24, 2.45) is 0 Å². The fourth-order valence-electron chi connectivity index (χ4n) is 2.49. The second-order valence-corrected chi connectivity index (χ2v) is 4.71. The predicted molar refractivity (Wildman–Crippen MR) is 78.5 cm³/mol. The molecule has 0 radical (unpaired) electrons.